The first kappa shape index (κ1) is 26.3. The summed E-state index contributed by atoms with van der Waals surface area (Å²) in [6.45, 7) is 3.79. The van der Waals surface area contributed by atoms with Gasteiger partial charge in [-0.1, -0.05) is 12.5 Å². The van der Waals surface area contributed by atoms with Crippen molar-refractivity contribution in [3.8, 4) is 16.9 Å². The Hall–Kier alpha value is -3.95. The van der Waals surface area contributed by atoms with Gasteiger partial charge in [0.05, 0.1) is 4.47 Å². The van der Waals surface area contributed by atoms with Gasteiger partial charge in [0.2, 0.25) is 5.95 Å². The number of aromatic amines is 1. The Morgan fingerprint density at radius 2 is 1.75 bits per heavy atom. The summed E-state index contributed by atoms with van der Waals surface area (Å²) in [7, 11) is 0. The second-order valence-electron chi connectivity index (χ2n) is 9.89. The van der Waals surface area contributed by atoms with Crippen molar-refractivity contribution in [3.63, 3.8) is 0 Å². The van der Waals surface area contributed by atoms with E-state index in [0.717, 1.165) is 58.8 Å². The van der Waals surface area contributed by atoms with E-state index in [0.29, 0.717) is 22.8 Å². The van der Waals surface area contributed by atoms with Crippen LogP contribution in [0.5, 0.6) is 5.75 Å². The minimum atomic E-state index is -0.292. The van der Waals surface area contributed by atoms with Crippen LogP contribution in [0.3, 0.4) is 0 Å². The Morgan fingerprint density at radius 1 is 0.925 bits per heavy atom. The van der Waals surface area contributed by atoms with Crippen molar-refractivity contribution in [2.24, 2.45) is 0 Å². The van der Waals surface area contributed by atoms with Gasteiger partial charge in [0, 0.05) is 47.5 Å². The van der Waals surface area contributed by atoms with Crippen LogP contribution in [0, 0.1) is 5.82 Å². The molecule has 1 aliphatic heterocycles. The topological polar surface area (TPSA) is 78.1 Å². The van der Waals surface area contributed by atoms with Crippen molar-refractivity contribution in [3.05, 3.63) is 89.4 Å². The first-order valence-electron chi connectivity index (χ1n) is 13.5. The highest BCUT2D eigenvalue weighted by Gasteiger charge is 2.14. The lowest BCUT2D eigenvalue weighted by Gasteiger charge is -2.26. The molecule has 3 aromatic carbocycles. The Labute approximate surface area is 240 Å². The molecule has 3 heterocycles. The van der Waals surface area contributed by atoms with Gasteiger partial charge in [-0.15, -0.1) is 0 Å². The number of piperidine rings is 1. The van der Waals surface area contributed by atoms with E-state index in [9.17, 15) is 4.39 Å². The molecule has 0 atom stereocenters. The highest BCUT2D eigenvalue weighted by molar-refractivity contribution is 9.10. The molecule has 1 aliphatic rings. The number of ether oxygens (including phenoxy) is 1. The molecule has 7 nitrogen and oxygen atoms in total. The van der Waals surface area contributed by atoms with Gasteiger partial charge in [-0.2, -0.15) is 4.98 Å². The van der Waals surface area contributed by atoms with Crippen LogP contribution in [0.2, 0.25) is 0 Å². The van der Waals surface area contributed by atoms with Gasteiger partial charge in [-0.3, -0.25) is 4.90 Å². The molecular weight excluding hydrogens is 571 g/mol. The van der Waals surface area contributed by atoms with Crippen molar-refractivity contribution in [1.82, 2.24) is 19.9 Å². The van der Waals surface area contributed by atoms with E-state index in [4.69, 9.17) is 4.74 Å². The standard InChI is InChI=1S/C31H30BrFN6O/c32-27-20-35-31(38-30(27)36-24-7-5-23(33)6-8-24)37-25-9-10-26(21-4-11-28-22(18-21)12-13-34-28)29(19-25)40-17-16-39-14-2-1-3-15-39/h4-13,18-20,34H,1-3,14-17H2,(H2,35,36,37,38). The van der Waals surface area contributed by atoms with Gasteiger partial charge in [0.1, 0.15) is 24.0 Å². The van der Waals surface area contributed by atoms with E-state index in [1.807, 2.05) is 18.3 Å². The lowest BCUT2D eigenvalue weighted by atomic mass is 10.0. The smallest absolute Gasteiger partial charge is 0.229 e. The Balaban J connectivity index is 1.24. The van der Waals surface area contributed by atoms with E-state index >= 15 is 0 Å². The van der Waals surface area contributed by atoms with Crippen LogP contribution < -0.4 is 15.4 Å². The Kier molecular flexibility index (Phi) is 7.92. The molecule has 40 heavy (non-hydrogen) atoms. The van der Waals surface area contributed by atoms with Crippen molar-refractivity contribution in [2.75, 3.05) is 36.9 Å². The molecule has 6 rings (SSSR count). The lowest BCUT2D eigenvalue weighted by molar-refractivity contribution is 0.184. The summed E-state index contributed by atoms with van der Waals surface area (Å²) >= 11 is 3.49. The first-order chi connectivity index (χ1) is 19.6. The molecule has 0 saturated carbocycles. The van der Waals surface area contributed by atoms with Crippen LogP contribution in [-0.2, 0) is 0 Å². The molecule has 5 aromatic rings. The minimum absolute atomic E-state index is 0.292. The molecular formula is C31H30BrFN6O. The third-order valence-electron chi connectivity index (χ3n) is 7.07. The largest absolute Gasteiger partial charge is 0.492 e. The number of nitrogens with zero attached hydrogens (tertiary/aromatic N) is 3. The van der Waals surface area contributed by atoms with Gasteiger partial charge in [0.25, 0.3) is 0 Å². The minimum Gasteiger partial charge on any atom is -0.492 e. The van der Waals surface area contributed by atoms with Crippen LogP contribution >= 0.6 is 15.9 Å². The first-order valence-corrected chi connectivity index (χ1v) is 14.3. The number of H-pyrrole nitrogens is 1. The quantitative estimate of drug-likeness (QED) is 0.160. The molecule has 0 amide bonds. The monoisotopic (exact) mass is 600 g/mol. The van der Waals surface area contributed by atoms with Crippen molar-refractivity contribution >= 4 is 50.0 Å². The lowest BCUT2D eigenvalue weighted by Crippen LogP contribution is -2.33. The second-order valence-corrected chi connectivity index (χ2v) is 10.7. The molecule has 9 heteroatoms. The molecule has 0 spiro atoms. The average Bonchev–Trinajstić information content (AvgIpc) is 3.45. The molecule has 1 saturated heterocycles. The van der Waals surface area contributed by atoms with Gasteiger partial charge in [-0.25, -0.2) is 9.37 Å². The molecule has 3 N–H and O–H groups in total. The van der Waals surface area contributed by atoms with Crippen LogP contribution in [0.25, 0.3) is 22.0 Å². The number of benzene rings is 3. The molecule has 0 bridgehead atoms. The average molecular weight is 602 g/mol. The Morgan fingerprint density at radius 3 is 2.60 bits per heavy atom. The molecule has 2 aromatic heterocycles. The van der Waals surface area contributed by atoms with Crippen LogP contribution in [0.4, 0.5) is 27.5 Å². The fraction of sp³-hybridized carbons (Fsp3) is 0.226. The number of likely N-dealkylation sites (tertiary alicyclic amines) is 1. The maximum absolute atomic E-state index is 13.3. The molecule has 204 valence electrons. The normalized spacial score (nSPS) is 13.8. The van der Waals surface area contributed by atoms with Crippen LogP contribution in [0.15, 0.2) is 83.6 Å². The van der Waals surface area contributed by atoms with E-state index in [1.54, 1.807) is 18.3 Å². The number of aromatic nitrogens is 3. The number of fused-ring (bicyclic) bond motifs is 1. The number of nitrogens with one attached hydrogen (secondary N) is 3. The van der Waals surface area contributed by atoms with Gasteiger partial charge >= 0.3 is 0 Å². The number of hydrogen-bond donors (Lipinski definition) is 3. The van der Waals surface area contributed by atoms with Gasteiger partial charge < -0.3 is 20.4 Å². The van der Waals surface area contributed by atoms with Gasteiger partial charge in [0.15, 0.2) is 0 Å². The molecule has 0 unspecified atom stereocenters. The van der Waals surface area contributed by atoms with Crippen molar-refractivity contribution in [1.29, 1.82) is 0 Å². The van der Waals surface area contributed by atoms with E-state index in [2.05, 4.69) is 76.7 Å². The van der Waals surface area contributed by atoms with Crippen molar-refractivity contribution in [2.45, 2.75) is 19.3 Å². The van der Waals surface area contributed by atoms with E-state index in [1.165, 1.54) is 31.4 Å². The molecule has 0 aliphatic carbocycles. The number of hydrogen-bond acceptors (Lipinski definition) is 6. The highest BCUT2D eigenvalue weighted by atomic mass is 79.9. The third kappa shape index (κ3) is 6.26. The summed E-state index contributed by atoms with van der Waals surface area (Å²) in [6.07, 6.45) is 7.46. The number of anilines is 4. The fourth-order valence-corrected chi connectivity index (χ4v) is 5.25. The van der Waals surface area contributed by atoms with Gasteiger partial charge in [-0.05, 0) is 107 Å². The molecule has 0 radical (unpaired) electrons. The highest BCUT2D eigenvalue weighted by Crippen LogP contribution is 2.35. The van der Waals surface area contributed by atoms with Crippen molar-refractivity contribution < 1.29 is 9.13 Å². The zero-order chi connectivity index (χ0) is 27.3. The SMILES string of the molecule is Fc1ccc(Nc2nc(Nc3ccc(-c4ccc5[nH]ccc5c4)c(OCCN4CCCCC4)c3)ncc2Br)cc1. The fourth-order valence-electron chi connectivity index (χ4n) is 4.96. The maximum Gasteiger partial charge on any atom is 0.229 e. The molecule has 1 fully saturated rings. The van der Waals surface area contributed by atoms with Crippen LogP contribution in [0.1, 0.15) is 19.3 Å². The predicted octanol–water partition coefficient (Wildman–Crippen LogP) is 7.88. The Bertz CT molecular complexity index is 1600. The second kappa shape index (κ2) is 12.1. The number of halogens is 2. The predicted molar refractivity (Wildman–Crippen MR) is 162 cm³/mol. The summed E-state index contributed by atoms with van der Waals surface area (Å²) in [5.74, 6) is 1.51. The number of rotatable bonds is 9. The third-order valence-corrected chi connectivity index (χ3v) is 7.65. The summed E-state index contributed by atoms with van der Waals surface area (Å²) in [4.78, 5) is 14.8. The summed E-state index contributed by atoms with van der Waals surface area (Å²) in [6, 6.07) is 20.7. The maximum atomic E-state index is 13.3. The zero-order valence-corrected chi connectivity index (χ0v) is 23.5. The zero-order valence-electron chi connectivity index (χ0n) is 22.0. The van der Waals surface area contributed by atoms with E-state index in [-0.39, 0.29) is 5.82 Å². The summed E-state index contributed by atoms with van der Waals surface area (Å²) in [5, 5.41) is 7.67. The van der Waals surface area contributed by atoms with Crippen LogP contribution in [-0.4, -0.2) is 46.1 Å². The summed E-state index contributed by atoms with van der Waals surface area (Å²) in [5.41, 5.74) is 4.77. The summed E-state index contributed by atoms with van der Waals surface area (Å²) < 4.78 is 20.4. The van der Waals surface area contributed by atoms with E-state index < -0.39 is 0 Å².